The molecule has 0 radical (unpaired) electrons. The molecular weight excluding hydrogens is 180 g/mol. The third-order valence-corrected chi connectivity index (χ3v) is 2.73. The second-order valence-corrected chi connectivity index (χ2v) is 4.26. The molecule has 0 aliphatic heterocycles. The first-order chi connectivity index (χ1) is 6.06. The number of nitrogens with zero attached hydrogens (tertiary/aromatic N) is 1. The molecule has 2 nitrogen and oxygen atoms in total. The van der Waals surface area contributed by atoms with Gasteiger partial charge in [-0.3, -0.25) is 0 Å². The molecule has 1 rings (SSSR count). The standard InChI is InChI=1S/C10H18N2S/c1-5-9(7(2)3)12-6-8(4)11-10(12)13/h6-7,9H,5H2,1-4H3,(H,11,13). The zero-order valence-electron chi connectivity index (χ0n) is 8.79. The Morgan fingerprint density at radius 1 is 1.54 bits per heavy atom. The van der Waals surface area contributed by atoms with Crippen molar-refractivity contribution < 1.29 is 0 Å². The third-order valence-electron chi connectivity index (χ3n) is 2.42. The van der Waals surface area contributed by atoms with E-state index in [0.29, 0.717) is 12.0 Å². The zero-order chi connectivity index (χ0) is 10.0. The van der Waals surface area contributed by atoms with Crippen molar-refractivity contribution in [2.75, 3.05) is 0 Å². The van der Waals surface area contributed by atoms with E-state index in [0.717, 1.165) is 16.9 Å². The van der Waals surface area contributed by atoms with Crippen LogP contribution in [0.4, 0.5) is 0 Å². The largest absolute Gasteiger partial charge is 0.335 e. The number of aromatic nitrogens is 2. The van der Waals surface area contributed by atoms with Crippen molar-refractivity contribution >= 4 is 12.2 Å². The molecule has 0 saturated carbocycles. The number of imidazole rings is 1. The van der Waals surface area contributed by atoms with Gasteiger partial charge in [0.2, 0.25) is 0 Å². The highest BCUT2D eigenvalue weighted by atomic mass is 32.1. The van der Waals surface area contributed by atoms with E-state index in [1.807, 2.05) is 6.92 Å². The Balaban J connectivity index is 3.04. The molecule has 0 bridgehead atoms. The summed E-state index contributed by atoms with van der Waals surface area (Å²) in [7, 11) is 0. The SMILES string of the molecule is CCC(C(C)C)n1cc(C)[nH]c1=S. The summed E-state index contributed by atoms with van der Waals surface area (Å²) in [5, 5.41) is 0. The molecule has 0 amide bonds. The summed E-state index contributed by atoms with van der Waals surface area (Å²) in [6.45, 7) is 8.71. The summed E-state index contributed by atoms with van der Waals surface area (Å²) in [5.74, 6) is 0.631. The van der Waals surface area contributed by atoms with E-state index in [9.17, 15) is 0 Å². The fourth-order valence-corrected chi connectivity index (χ4v) is 2.12. The molecule has 1 heterocycles. The average Bonchev–Trinajstić information content (AvgIpc) is 2.31. The van der Waals surface area contributed by atoms with E-state index in [2.05, 4.69) is 36.5 Å². The van der Waals surface area contributed by atoms with Crippen molar-refractivity contribution in [2.24, 2.45) is 5.92 Å². The van der Waals surface area contributed by atoms with Gasteiger partial charge in [0.1, 0.15) is 0 Å². The van der Waals surface area contributed by atoms with E-state index >= 15 is 0 Å². The van der Waals surface area contributed by atoms with Crippen molar-refractivity contribution in [3.63, 3.8) is 0 Å². The zero-order valence-corrected chi connectivity index (χ0v) is 9.61. The Kier molecular flexibility index (Phi) is 3.31. The molecule has 13 heavy (non-hydrogen) atoms. The maximum atomic E-state index is 5.24. The van der Waals surface area contributed by atoms with Crippen LogP contribution in [0.3, 0.4) is 0 Å². The lowest BCUT2D eigenvalue weighted by atomic mass is 10.0. The lowest BCUT2D eigenvalue weighted by Gasteiger charge is -2.20. The van der Waals surface area contributed by atoms with Crippen LogP contribution < -0.4 is 0 Å². The first kappa shape index (κ1) is 10.5. The second-order valence-electron chi connectivity index (χ2n) is 3.87. The van der Waals surface area contributed by atoms with Gasteiger partial charge in [-0.25, -0.2) is 0 Å². The smallest absolute Gasteiger partial charge is 0.177 e. The van der Waals surface area contributed by atoms with Crippen LogP contribution in [0, 0.1) is 17.6 Å². The molecule has 0 spiro atoms. The van der Waals surface area contributed by atoms with Gasteiger partial charge in [0, 0.05) is 17.9 Å². The lowest BCUT2D eigenvalue weighted by Crippen LogP contribution is -2.13. The van der Waals surface area contributed by atoms with Gasteiger partial charge < -0.3 is 9.55 Å². The number of aromatic amines is 1. The van der Waals surface area contributed by atoms with Crippen LogP contribution in [0.15, 0.2) is 6.20 Å². The first-order valence-corrected chi connectivity index (χ1v) is 5.24. The van der Waals surface area contributed by atoms with E-state index < -0.39 is 0 Å². The van der Waals surface area contributed by atoms with Crippen LogP contribution in [0.2, 0.25) is 0 Å². The molecule has 1 unspecified atom stereocenters. The van der Waals surface area contributed by atoms with Crippen LogP contribution in [0.25, 0.3) is 0 Å². The van der Waals surface area contributed by atoms with E-state index in [1.165, 1.54) is 0 Å². The first-order valence-electron chi connectivity index (χ1n) is 4.84. The molecule has 1 aromatic heterocycles. The van der Waals surface area contributed by atoms with Gasteiger partial charge in [-0.2, -0.15) is 0 Å². The summed E-state index contributed by atoms with van der Waals surface area (Å²) in [5.41, 5.74) is 1.14. The van der Waals surface area contributed by atoms with Crippen molar-refractivity contribution in [2.45, 2.75) is 40.2 Å². The Morgan fingerprint density at radius 3 is 2.46 bits per heavy atom. The Bertz CT molecular complexity index is 322. The maximum absolute atomic E-state index is 5.24. The molecule has 0 aromatic carbocycles. The minimum absolute atomic E-state index is 0.525. The number of rotatable bonds is 3. The van der Waals surface area contributed by atoms with Gasteiger partial charge in [0.25, 0.3) is 0 Å². The molecule has 0 fully saturated rings. The van der Waals surface area contributed by atoms with Crippen LogP contribution in [0.5, 0.6) is 0 Å². The fourth-order valence-electron chi connectivity index (χ4n) is 1.77. The Hall–Kier alpha value is -0.570. The van der Waals surface area contributed by atoms with Crippen LogP contribution in [-0.4, -0.2) is 9.55 Å². The van der Waals surface area contributed by atoms with Crippen LogP contribution in [-0.2, 0) is 0 Å². The Labute approximate surface area is 85.0 Å². The molecule has 3 heteroatoms. The number of H-pyrrole nitrogens is 1. The molecule has 0 saturated heterocycles. The second kappa shape index (κ2) is 4.09. The normalized spacial score (nSPS) is 13.6. The summed E-state index contributed by atoms with van der Waals surface area (Å²) in [6, 6.07) is 0.525. The van der Waals surface area contributed by atoms with Crippen molar-refractivity contribution in [3.8, 4) is 0 Å². The van der Waals surface area contributed by atoms with Gasteiger partial charge in [0.15, 0.2) is 4.77 Å². The molecule has 0 aliphatic carbocycles. The molecule has 1 aromatic rings. The van der Waals surface area contributed by atoms with Gasteiger partial charge in [-0.05, 0) is 31.5 Å². The third kappa shape index (κ3) is 2.21. The monoisotopic (exact) mass is 198 g/mol. The van der Waals surface area contributed by atoms with Crippen LogP contribution >= 0.6 is 12.2 Å². The number of nitrogens with one attached hydrogen (secondary N) is 1. The van der Waals surface area contributed by atoms with E-state index in [-0.39, 0.29) is 0 Å². The quantitative estimate of drug-likeness (QED) is 0.738. The molecule has 1 atom stereocenters. The number of hydrogen-bond acceptors (Lipinski definition) is 1. The van der Waals surface area contributed by atoms with Gasteiger partial charge >= 0.3 is 0 Å². The van der Waals surface area contributed by atoms with Gasteiger partial charge in [-0.1, -0.05) is 20.8 Å². The minimum Gasteiger partial charge on any atom is -0.335 e. The summed E-state index contributed by atoms with van der Waals surface area (Å²) < 4.78 is 3.02. The highest BCUT2D eigenvalue weighted by Crippen LogP contribution is 2.21. The predicted molar refractivity (Wildman–Crippen MR) is 58.5 cm³/mol. The lowest BCUT2D eigenvalue weighted by molar-refractivity contribution is 0.362. The molecule has 74 valence electrons. The maximum Gasteiger partial charge on any atom is 0.177 e. The van der Waals surface area contributed by atoms with Gasteiger partial charge in [0.05, 0.1) is 0 Å². The van der Waals surface area contributed by atoms with E-state index in [4.69, 9.17) is 12.2 Å². The van der Waals surface area contributed by atoms with Crippen molar-refractivity contribution in [3.05, 3.63) is 16.7 Å². The topological polar surface area (TPSA) is 20.7 Å². The van der Waals surface area contributed by atoms with Crippen molar-refractivity contribution in [1.29, 1.82) is 0 Å². The number of aryl methyl sites for hydroxylation is 1. The summed E-state index contributed by atoms with van der Waals surface area (Å²) in [6.07, 6.45) is 3.24. The minimum atomic E-state index is 0.525. The predicted octanol–water partition coefficient (Wildman–Crippen LogP) is 3.46. The molecule has 1 N–H and O–H groups in total. The van der Waals surface area contributed by atoms with E-state index in [1.54, 1.807) is 0 Å². The highest BCUT2D eigenvalue weighted by molar-refractivity contribution is 7.71. The summed E-state index contributed by atoms with van der Waals surface area (Å²) in [4.78, 5) is 3.15. The fraction of sp³-hybridized carbons (Fsp3) is 0.700. The average molecular weight is 198 g/mol. The number of hydrogen-bond donors (Lipinski definition) is 1. The van der Waals surface area contributed by atoms with Crippen molar-refractivity contribution in [1.82, 2.24) is 9.55 Å². The highest BCUT2D eigenvalue weighted by Gasteiger charge is 2.13. The van der Waals surface area contributed by atoms with Gasteiger partial charge in [-0.15, -0.1) is 0 Å². The molecular formula is C10H18N2S. The summed E-state index contributed by atoms with van der Waals surface area (Å²) >= 11 is 5.24. The van der Waals surface area contributed by atoms with Crippen LogP contribution in [0.1, 0.15) is 38.9 Å². The molecule has 0 aliphatic rings. The Morgan fingerprint density at radius 2 is 2.15 bits per heavy atom.